The van der Waals surface area contributed by atoms with Gasteiger partial charge in [0.25, 0.3) is 5.56 Å². The second-order valence-electron chi connectivity index (χ2n) is 4.19. The predicted molar refractivity (Wildman–Crippen MR) is 74.6 cm³/mol. The zero-order valence-electron chi connectivity index (χ0n) is 9.97. The minimum Gasteiger partial charge on any atom is -0.396 e. The van der Waals surface area contributed by atoms with E-state index in [2.05, 4.69) is 20.9 Å². The van der Waals surface area contributed by atoms with Gasteiger partial charge in [-0.2, -0.15) is 0 Å². The Labute approximate surface area is 113 Å². The molecule has 2 aromatic rings. The molecule has 0 aliphatic rings. The fraction of sp³-hybridized carbons (Fsp3) is 0.385. The van der Waals surface area contributed by atoms with Crippen molar-refractivity contribution in [1.29, 1.82) is 0 Å². The predicted octanol–water partition coefficient (Wildman–Crippen LogP) is 2.32. The molecule has 5 heteroatoms. The van der Waals surface area contributed by atoms with E-state index in [1.807, 2.05) is 12.1 Å². The van der Waals surface area contributed by atoms with Gasteiger partial charge in [-0.3, -0.25) is 9.36 Å². The first kappa shape index (κ1) is 13.2. The Morgan fingerprint density at radius 2 is 2.11 bits per heavy atom. The smallest absolute Gasteiger partial charge is 0.261 e. The van der Waals surface area contributed by atoms with Crippen molar-refractivity contribution in [2.24, 2.45) is 0 Å². The summed E-state index contributed by atoms with van der Waals surface area (Å²) in [5.41, 5.74) is 0.706. The van der Waals surface area contributed by atoms with Gasteiger partial charge in [0.1, 0.15) is 0 Å². The van der Waals surface area contributed by atoms with Gasteiger partial charge in [-0.1, -0.05) is 15.9 Å². The van der Waals surface area contributed by atoms with E-state index >= 15 is 0 Å². The van der Waals surface area contributed by atoms with E-state index in [9.17, 15) is 4.79 Å². The summed E-state index contributed by atoms with van der Waals surface area (Å²) in [5, 5.41) is 9.34. The number of halogens is 1. The molecule has 96 valence electrons. The van der Waals surface area contributed by atoms with E-state index in [1.54, 1.807) is 17.0 Å². The number of aromatic nitrogens is 2. The molecular formula is C13H15BrN2O2. The second-order valence-corrected chi connectivity index (χ2v) is 5.10. The molecular weight excluding hydrogens is 296 g/mol. The molecule has 0 atom stereocenters. The third-order valence-corrected chi connectivity index (χ3v) is 3.34. The largest absolute Gasteiger partial charge is 0.396 e. The third-order valence-electron chi connectivity index (χ3n) is 2.84. The van der Waals surface area contributed by atoms with Gasteiger partial charge in [0, 0.05) is 17.6 Å². The van der Waals surface area contributed by atoms with Crippen molar-refractivity contribution >= 4 is 26.8 Å². The average Bonchev–Trinajstić information content (AvgIpc) is 2.37. The maximum absolute atomic E-state index is 12.2. The van der Waals surface area contributed by atoms with E-state index in [1.165, 1.54) is 0 Å². The molecule has 0 unspecified atom stereocenters. The average molecular weight is 311 g/mol. The monoisotopic (exact) mass is 310 g/mol. The Balaban J connectivity index is 2.23. The summed E-state index contributed by atoms with van der Waals surface area (Å²) < 4.78 is 2.55. The lowest BCUT2D eigenvalue weighted by Crippen LogP contribution is -2.20. The van der Waals surface area contributed by atoms with Crippen LogP contribution in [0.2, 0.25) is 0 Å². The van der Waals surface area contributed by atoms with Gasteiger partial charge in [0.2, 0.25) is 0 Å². The molecule has 0 amide bonds. The van der Waals surface area contributed by atoms with Crippen molar-refractivity contribution in [3.8, 4) is 0 Å². The van der Waals surface area contributed by atoms with E-state index in [-0.39, 0.29) is 12.2 Å². The number of aliphatic hydroxyl groups excluding tert-OH is 1. The van der Waals surface area contributed by atoms with Gasteiger partial charge in [-0.15, -0.1) is 0 Å². The van der Waals surface area contributed by atoms with Crippen LogP contribution in [0.25, 0.3) is 10.9 Å². The Bertz CT molecular complexity index is 595. The van der Waals surface area contributed by atoms with Gasteiger partial charge < -0.3 is 5.11 Å². The SMILES string of the molecule is O=c1c2ccc(Br)cc2ncn1CCCCCO. The number of nitrogens with zero attached hydrogens (tertiary/aromatic N) is 2. The summed E-state index contributed by atoms with van der Waals surface area (Å²) >= 11 is 3.36. The lowest BCUT2D eigenvalue weighted by Gasteiger charge is -2.06. The van der Waals surface area contributed by atoms with Gasteiger partial charge in [0.15, 0.2) is 0 Å². The van der Waals surface area contributed by atoms with Crippen LogP contribution in [0, 0.1) is 0 Å². The molecule has 0 bridgehead atoms. The van der Waals surface area contributed by atoms with Crippen LogP contribution in [0.4, 0.5) is 0 Å². The number of rotatable bonds is 5. The Morgan fingerprint density at radius 3 is 2.89 bits per heavy atom. The summed E-state index contributed by atoms with van der Waals surface area (Å²) in [7, 11) is 0. The molecule has 4 nitrogen and oxygen atoms in total. The fourth-order valence-corrected chi connectivity index (χ4v) is 2.21. The molecule has 1 aromatic carbocycles. The van der Waals surface area contributed by atoms with E-state index in [4.69, 9.17) is 5.11 Å². The number of unbranched alkanes of at least 4 members (excludes halogenated alkanes) is 2. The number of aliphatic hydroxyl groups is 1. The zero-order valence-corrected chi connectivity index (χ0v) is 11.6. The molecule has 1 aromatic heterocycles. The topological polar surface area (TPSA) is 55.1 Å². The minimum atomic E-state index is -0.00324. The van der Waals surface area contributed by atoms with E-state index < -0.39 is 0 Å². The van der Waals surface area contributed by atoms with Crippen LogP contribution in [0.5, 0.6) is 0 Å². The van der Waals surface area contributed by atoms with Crippen LogP contribution in [0.15, 0.2) is 33.8 Å². The van der Waals surface area contributed by atoms with Gasteiger partial charge in [0.05, 0.1) is 17.2 Å². The van der Waals surface area contributed by atoms with Crippen molar-refractivity contribution in [3.05, 3.63) is 39.4 Å². The first-order chi connectivity index (χ1) is 8.72. The molecule has 1 N–H and O–H groups in total. The van der Waals surface area contributed by atoms with Crippen LogP contribution >= 0.6 is 15.9 Å². The lowest BCUT2D eigenvalue weighted by molar-refractivity contribution is 0.281. The third kappa shape index (κ3) is 2.97. The quantitative estimate of drug-likeness (QED) is 0.862. The fourth-order valence-electron chi connectivity index (χ4n) is 1.86. The summed E-state index contributed by atoms with van der Waals surface area (Å²) in [6.45, 7) is 0.858. The maximum Gasteiger partial charge on any atom is 0.261 e. The molecule has 18 heavy (non-hydrogen) atoms. The second kappa shape index (κ2) is 6.11. The molecule has 0 spiro atoms. The van der Waals surface area contributed by atoms with Crippen LogP contribution in [-0.2, 0) is 6.54 Å². The summed E-state index contributed by atoms with van der Waals surface area (Å²) in [6.07, 6.45) is 4.17. The number of fused-ring (bicyclic) bond motifs is 1. The Morgan fingerprint density at radius 1 is 1.28 bits per heavy atom. The molecule has 1 heterocycles. The standard InChI is InChI=1S/C13H15BrN2O2/c14-10-4-5-11-12(8-10)15-9-16(13(11)18)6-2-1-3-7-17/h4-5,8-9,17H,1-3,6-7H2. The van der Waals surface area contributed by atoms with Crippen LogP contribution in [-0.4, -0.2) is 21.3 Å². The summed E-state index contributed by atoms with van der Waals surface area (Å²) in [5.74, 6) is 0. The number of hydrogen-bond acceptors (Lipinski definition) is 3. The van der Waals surface area contributed by atoms with E-state index in [0.29, 0.717) is 17.4 Å². The molecule has 0 saturated carbocycles. The first-order valence-electron chi connectivity index (χ1n) is 5.98. The molecule has 0 saturated heterocycles. The van der Waals surface area contributed by atoms with Gasteiger partial charge in [-0.05, 0) is 37.5 Å². The van der Waals surface area contributed by atoms with Gasteiger partial charge >= 0.3 is 0 Å². The van der Waals surface area contributed by atoms with Crippen LogP contribution in [0.1, 0.15) is 19.3 Å². The first-order valence-corrected chi connectivity index (χ1v) is 6.77. The highest BCUT2D eigenvalue weighted by Gasteiger charge is 2.04. The zero-order chi connectivity index (χ0) is 13.0. The molecule has 2 rings (SSSR count). The van der Waals surface area contributed by atoms with Crippen molar-refractivity contribution in [1.82, 2.24) is 9.55 Å². The Hall–Kier alpha value is -1.20. The van der Waals surface area contributed by atoms with Crippen molar-refractivity contribution in [2.75, 3.05) is 6.61 Å². The number of aryl methyl sites for hydroxylation is 1. The number of benzene rings is 1. The maximum atomic E-state index is 12.2. The highest BCUT2D eigenvalue weighted by molar-refractivity contribution is 9.10. The van der Waals surface area contributed by atoms with Crippen molar-refractivity contribution in [3.63, 3.8) is 0 Å². The summed E-state index contributed by atoms with van der Waals surface area (Å²) in [6, 6.07) is 5.48. The molecule has 0 fully saturated rings. The van der Waals surface area contributed by atoms with Crippen LogP contribution < -0.4 is 5.56 Å². The Kier molecular flexibility index (Phi) is 4.49. The molecule has 0 radical (unpaired) electrons. The minimum absolute atomic E-state index is 0.00324. The normalized spacial score (nSPS) is 11.0. The number of hydrogen-bond donors (Lipinski definition) is 1. The van der Waals surface area contributed by atoms with Gasteiger partial charge in [-0.25, -0.2) is 4.98 Å². The van der Waals surface area contributed by atoms with E-state index in [0.717, 1.165) is 23.7 Å². The lowest BCUT2D eigenvalue weighted by atomic mass is 10.2. The van der Waals surface area contributed by atoms with Crippen molar-refractivity contribution < 1.29 is 5.11 Å². The van der Waals surface area contributed by atoms with Crippen molar-refractivity contribution in [2.45, 2.75) is 25.8 Å². The summed E-state index contributed by atoms with van der Waals surface area (Å²) in [4.78, 5) is 16.4. The highest BCUT2D eigenvalue weighted by Crippen LogP contribution is 2.14. The molecule has 0 aliphatic carbocycles. The van der Waals surface area contributed by atoms with Crippen LogP contribution in [0.3, 0.4) is 0 Å². The highest BCUT2D eigenvalue weighted by atomic mass is 79.9. The molecule has 0 aliphatic heterocycles.